The SMILES string of the molecule is CO/N=C(\CC/C(=N\OC)c1ccc(OC)cc1)c1ccc(OC)cc1. The average Bonchev–Trinajstić information content (AvgIpc) is 2.70. The molecule has 2 aromatic carbocycles. The predicted octanol–water partition coefficient (Wildman–Crippen LogP) is 3.89. The molecule has 26 heavy (non-hydrogen) atoms. The molecule has 6 nitrogen and oxygen atoms in total. The molecule has 0 aliphatic rings. The molecule has 0 aliphatic heterocycles. The highest BCUT2D eigenvalue weighted by Crippen LogP contribution is 2.17. The summed E-state index contributed by atoms with van der Waals surface area (Å²) in [5, 5.41) is 8.33. The molecule has 0 saturated carbocycles. The van der Waals surface area contributed by atoms with Crippen LogP contribution in [0.1, 0.15) is 24.0 Å². The zero-order chi connectivity index (χ0) is 18.8. The van der Waals surface area contributed by atoms with Crippen molar-refractivity contribution in [1.29, 1.82) is 0 Å². The number of hydrogen-bond acceptors (Lipinski definition) is 6. The Kier molecular flexibility index (Phi) is 7.49. The summed E-state index contributed by atoms with van der Waals surface area (Å²) in [6, 6.07) is 15.4. The van der Waals surface area contributed by atoms with Gasteiger partial charge in [-0.1, -0.05) is 10.3 Å². The van der Waals surface area contributed by atoms with Gasteiger partial charge in [-0.05, 0) is 72.5 Å². The third-order valence-electron chi connectivity index (χ3n) is 3.85. The molecular weight excluding hydrogens is 332 g/mol. The summed E-state index contributed by atoms with van der Waals surface area (Å²) in [5.74, 6) is 1.59. The molecule has 0 spiro atoms. The van der Waals surface area contributed by atoms with E-state index in [1.165, 1.54) is 14.2 Å². The molecule has 0 aromatic heterocycles. The van der Waals surface area contributed by atoms with E-state index in [0.29, 0.717) is 12.8 Å². The van der Waals surface area contributed by atoms with Crippen LogP contribution in [0.2, 0.25) is 0 Å². The molecular formula is C20H24N2O4. The Morgan fingerprint density at radius 3 is 1.23 bits per heavy atom. The molecule has 0 atom stereocenters. The van der Waals surface area contributed by atoms with Crippen LogP contribution >= 0.6 is 0 Å². The normalized spacial score (nSPS) is 11.8. The summed E-state index contributed by atoms with van der Waals surface area (Å²) in [5.41, 5.74) is 3.60. The lowest BCUT2D eigenvalue weighted by Gasteiger charge is -2.10. The Bertz CT molecular complexity index is 672. The van der Waals surface area contributed by atoms with Crippen molar-refractivity contribution >= 4 is 11.4 Å². The van der Waals surface area contributed by atoms with Crippen molar-refractivity contribution in [2.75, 3.05) is 28.4 Å². The third-order valence-corrected chi connectivity index (χ3v) is 3.85. The number of ether oxygens (including phenoxy) is 2. The summed E-state index contributed by atoms with van der Waals surface area (Å²) in [6.07, 6.45) is 1.29. The van der Waals surface area contributed by atoms with Gasteiger partial charge in [0.2, 0.25) is 0 Å². The maximum absolute atomic E-state index is 5.20. The molecule has 0 saturated heterocycles. The van der Waals surface area contributed by atoms with E-state index < -0.39 is 0 Å². The molecule has 0 N–H and O–H groups in total. The third kappa shape index (κ3) is 5.24. The van der Waals surface area contributed by atoms with Crippen LogP contribution in [-0.2, 0) is 9.68 Å². The van der Waals surface area contributed by atoms with Crippen LogP contribution in [0.3, 0.4) is 0 Å². The van der Waals surface area contributed by atoms with Gasteiger partial charge in [0.25, 0.3) is 0 Å². The predicted molar refractivity (Wildman–Crippen MR) is 102 cm³/mol. The van der Waals surface area contributed by atoms with E-state index in [9.17, 15) is 0 Å². The van der Waals surface area contributed by atoms with E-state index in [-0.39, 0.29) is 0 Å². The van der Waals surface area contributed by atoms with E-state index in [1.54, 1.807) is 14.2 Å². The average molecular weight is 356 g/mol. The van der Waals surface area contributed by atoms with Crippen LogP contribution in [0, 0.1) is 0 Å². The van der Waals surface area contributed by atoms with Gasteiger partial charge in [0, 0.05) is 0 Å². The fraction of sp³-hybridized carbons (Fsp3) is 0.300. The molecule has 0 amide bonds. The van der Waals surface area contributed by atoms with Gasteiger partial charge in [-0.3, -0.25) is 0 Å². The largest absolute Gasteiger partial charge is 0.497 e. The van der Waals surface area contributed by atoms with Gasteiger partial charge in [0.15, 0.2) is 0 Å². The van der Waals surface area contributed by atoms with Crippen molar-refractivity contribution in [1.82, 2.24) is 0 Å². The minimum Gasteiger partial charge on any atom is -0.497 e. The maximum atomic E-state index is 5.20. The molecule has 6 heteroatoms. The molecule has 0 aliphatic carbocycles. The van der Waals surface area contributed by atoms with Crippen molar-refractivity contribution in [3.63, 3.8) is 0 Å². The van der Waals surface area contributed by atoms with Crippen molar-refractivity contribution in [2.45, 2.75) is 12.8 Å². The fourth-order valence-electron chi connectivity index (χ4n) is 2.51. The summed E-state index contributed by atoms with van der Waals surface area (Å²) in [7, 11) is 6.36. The molecule has 0 heterocycles. The summed E-state index contributed by atoms with van der Waals surface area (Å²) in [6.45, 7) is 0. The van der Waals surface area contributed by atoms with Crippen molar-refractivity contribution in [3.05, 3.63) is 59.7 Å². The van der Waals surface area contributed by atoms with Gasteiger partial charge in [-0.2, -0.15) is 0 Å². The first-order chi connectivity index (χ1) is 12.7. The van der Waals surface area contributed by atoms with Crippen LogP contribution in [0.4, 0.5) is 0 Å². The van der Waals surface area contributed by atoms with Gasteiger partial charge in [0.05, 0.1) is 25.6 Å². The number of rotatable bonds is 9. The molecule has 0 fully saturated rings. The lowest BCUT2D eigenvalue weighted by molar-refractivity contribution is 0.211. The zero-order valence-corrected chi connectivity index (χ0v) is 15.6. The molecule has 138 valence electrons. The monoisotopic (exact) mass is 356 g/mol. The molecule has 0 radical (unpaired) electrons. The smallest absolute Gasteiger partial charge is 0.118 e. The number of oxime groups is 2. The van der Waals surface area contributed by atoms with E-state index in [4.69, 9.17) is 19.1 Å². The number of hydrogen-bond donors (Lipinski definition) is 0. The number of methoxy groups -OCH3 is 2. The van der Waals surface area contributed by atoms with Gasteiger partial charge >= 0.3 is 0 Å². The highest BCUT2D eigenvalue weighted by Gasteiger charge is 2.11. The highest BCUT2D eigenvalue weighted by molar-refractivity contribution is 6.06. The van der Waals surface area contributed by atoms with Crippen LogP contribution in [0.5, 0.6) is 11.5 Å². The van der Waals surface area contributed by atoms with Crippen LogP contribution in [0.15, 0.2) is 58.8 Å². The summed E-state index contributed by atoms with van der Waals surface area (Å²) < 4.78 is 10.4. The Balaban J connectivity index is 2.15. The minimum atomic E-state index is 0.647. The standard InChI is InChI=1S/C20H24N2O4/c1-23-17-9-5-15(6-10-17)19(21-25-3)13-14-20(22-26-4)16-7-11-18(24-2)12-8-16/h5-12H,13-14H2,1-4H3/b21-19+,22-20+. The first-order valence-electron chi connectivity index (χ1n) is 8.20. The molecule has 2 rings (SSSR count). The highest BCUT2D eigenvalue weighted by atomic mass is 16.6. The van der Waals surface area contributed by atoms with Gasteiger partial charge in [0.1, 0.15) is 25.7 Å². The van der Waals surface area contributed by atoms with E-state index in [0.717, 1.165) is 34.0 Å². The second-order valence-corrected chi connectivity index (χ2v) is 5.40. The van der Waals surface area contributed by atoms with Crippen molar-refractivity contribution in [3.8, 4) is 11.5 Å². The molecule has 0 bridgehead atoms. The second kappa shape index (κ2) is 10.1. The summed E-state index contributed by atoms with van der Waals surface area (Å²) >= 11 is 0. The first kappa shape index (κ1) is 19.3. The van der Waals surface area contributed by atoms with Crippen molar-refractivity contribution in [2.24, 2.45) is 10.3 Å². The summed E-state index contributed by atoms with van der Waals surface area (Å²) in [4.78, 5) is 10.0. The van der Waals surface area contributed by atoms with E-state index in [1.807, 2.05) is 48.5 Å². The molecule has 2 aromatic rings. The lowest BCUT2D eigenvalue weighted by atomic mass is 10.0. The quantitative estimate of drug-likeness (QED) is 0.505. The van der Waals surface area contributed by atoms with Crippen molar-refractivity contribution < 1.29 is 19.1 Å². The lowest BCUT2D eigenvalue weighted by Crippen LogP contribution is -2.08. The van der Waals surface area contributed by atoms with E-state index >= 15 is 0 Å². The Hall–Kier alpha value is -3.02. The minimum absolute atomic E-state index is 0.647. The van der Waals surface area contributed by atoms with E-state index in [2.05, 4.69) is 10.3 Å². The Morgan fingerprint density at radius 1 is 0.615 bits per heavy atom. The number of benzene rings is 2. The zero-order valence-electron chi connectivity index (χ0n) is 15.6. The topological polar surface area (TPSA) is 61.6 Å². The Morgan fingerprint density at radius 2 is 0.962 bits per heavy atom. The van der Waals surface area contributed by atoms with Crippen LogP contribution < -0.4 is 9.47 Å². The number of nitrogens with zero attached hydrogens (tertiary/aromatic N) is 2. The van der Waals surface area contributed by atoms with Crippen LogP contribution in [-0.4, -0.2) is 39.9 Å². The molecule has 0 unspecified atom stereocenters. The first-order valence-corrected chi connectivity index (χ1v) is 8.20. The van der Waals surface area contributed by atoms with Gasteiger partial charge in [-0.15, -0.1) is 0 Å². The second-order valence-electron chi connectivity index (χ2n) is 5.40. The fourth-order valence-corrected chi connectivity index (χ4v) is 2.51. The Labute approximate surface area is 154 Å². The van der Waals surface area contributed by atoms with Crippen LogP contribution in [0.25, 0.3) is 0 Å². The van der Waals surface area contributed by atoms with Gasteiger partial charge in [-0.25, -0.2) is 0 Å². The van der Waals surface area contributed by atoms with Gasteiger partial charge < -0.3 is 19.1 Å². The maximum Gasteiger partial charge on any atom is 0.118 e.